The molecule has 0 saturated carbocycles. The second-order valence-corrected chi connectivity index (χ2v) is 7.91. The molecule has 7 nitrogen and oxygen atoms in total. The third-order valence-electron chi connectivity index (χ3n) is 5.68. The van der Waals surface area contributed by atoms with E-state index in [0.29, 0.717) is 26.2 Å². The standard InChI is InChI=1S/C23H27N3O4/c1-15(27)7-17-10-18-19(12-26(2)21(18)11-24-17)20-8-16(13-28-3)9-22(25-20)23(29-4)5-6-30-14-23/h8-12H,5-7,13-14H2,1-4H3/t23-/m1/s1. The molecule has 0 bridgehead atoms. The fourth-order valence-corrected chi connectivity index (χ4v) is 4.10. The number of nitrogens with zero attached hydrogens (tertiary/aromatic N) is 3. The summed E-state index contributed by atoms with van der Waals surface area (Å²) in [6, 6.07) is 6.08. The van der Waals surface area contributed by atoms with E-state index in [1.165, 1.54) is 0 Å². The lowest BCUT2D eigenvalue weighted by molar-refractivity contribution is -0.116. The Bertz CT molecular complexity index is 1080. The lowest BCUT2D eigenvalue weighted by atomic mass is 9.95. The molecule has 158 valence electrons. The normalized spacial score (nSPS) is 18.9. The highest BCUT2D eigenvalue weighted by molar-refractivity contribution is 5.95. The van der Waals surface area contributed by atoms with Crippen LogP contribution in [0.4, 0.5) is 0 Å². The number of methoxy groups -OCH3 is 2. The van der Waals surface area contributed by atoms with E-state index in [1.807, 2.05) is 36.0 Å². The Hall–Kier alpha value is -2.61. The first-order valence-electron chi connectivity index (χ1n) is 10.0. The Kier molecular flexibility index (Phi) is 5.69. The van der Waals surface area contributed by atoms with Crippen LogP contribution in [0.2, 0.25) is 0 Å². The van der Waals surface area contributed by atoms with Gasteiger partial charge in [0.05, 0.1) is 36.3 Å². The molecule has 30 heavy (non-hydrogen) atoms. The molecule has 0 N–H and O–H groups in total. The van der Waals surface area contributed by atoms with Gasteiger partial charge in [0.15, 0.2) is 0 Å². The van der Waals surface area contributed by atoms with Crippen molar-refractivity contribution in [3.05, 3.63) is 47.5 Å². The summed E-state index contributed by atoms with van der Waals surface area (Å²) in [4.78, 5) is 21.0. The van der Waals surface area contributed by atoms with Crippen LogP contribution in [0, 0.1) is 0 Å². The highest BCUT2D eigenvalue weighted by Crippen LogP contribution is 2.36. The van der Waals surface area contributed by atoms with E-state index in [2.05, 4.69) is 11.2 Å². The van der Waals surface area contributed by atoms with Crippen LogP contribution >= 0.6 is 0 Å². The van der Waals surface area contributed by atoms with Gasteiger partial charge in [0.2, 0.25) is 0 Å². The summed E-state index contributed by atoms with van der Waals surface area (Å²) in [5, 5.41) is 1.02. The number of aromatic nitrogens is 3. The summed E-state index contributed by atoms with van der Waals surface area (Å²) >= 11 is 0. The number of carbonyl (C=O) groups is 1. The zero-order valence-electron chi connectivity index (χ0n) is 17.9. The number of fused-ring (bicyclic) bond motifs is 1. The minimum Gasteiger partial charge on any atom is -0.380 e. The molecule has 0 spiro atoms. The fraction of sp³-hybridized carbons (Fsp3) is 0.435. The van der Waals surface area contributed by atoms with E-state index in [1.54, 1.807) is 21.1 Å². The molecule has 3 aromatic heterocycles. The summed E-state index contributed by atoms with van der Waals surface area (Å²) < 4.78 is 19.0. The van der Waals surface area contributed by atoms with E-state index in [-0.39, 0.29) is 5.78 Å². The monoisotopic (exact) mass is 409 g/mol. The van der Waals surface area contributed by atoms with E-state index in [0.717, 1.165) is 45.5 Å². The van der Waals surface area contributed by atoms with Gasteiger partial charge in [0, 0.05) is 63.6 Å². The quantitative estimate of drug-likeness (QED) is 0.597. The molecule has 0 unspecified atom stereocenters. The molecule has 4 heterocycles. The smallest absolute Gasteiger partial charge is 0.135 e. The third kappa shape index (κ3) is 3.76. The van der Waals surface area contributed by atoms with Gasteiger partial charge in [0.25, 0.3) is 0 Å². The van der Waals surface area contributed by atoms with Crippen LogP contribution in [0.25, 0.3) is 22.2 Å². The van der Waals surface area contributed by atoms with Gasteiger partial charge in [-0.1, -0.05) is 0 Å². The van der Waals surface area contributed by atoms with Crippen molar-refractivity contribution in [2.75, 3.05) is 27.4 Å². The second-order valence-electron chi connectivity index (χ2n) is 7.91. The molecule has 0 radical (unpaired) electrons. The Balaban J connectivity index is 1.89. The predicted molar refractivity (Wildman–Crippen MR) is 113 cm³/mol. The number of aryl methyl sites for hydroxylation is 1. The number of hydrogen-bond acceptors (Lipinski definition) is 6. The third-order valence-corrected chi connectivity index (χ3v) is 5.68. The molecule has 1 fully saturated rings. The molecule has 0 aliphatic carbocycles. The maximum atomic E-state index is 11.6. The zero-order valence-corrected chi connectivity index (χ0v) is 17.9. The number of hydrogen-bond donors (Lipinski definition) is 0. The number of rotatable bonds is 7. The zero-order chi connectivity index (χ0) is 21.3. The SMILES string of the molecule is COCc1cc(-c2cn(C)c3cnc(CC(C)=O)cc23)nc([C@@]2(OC)CCOC2)c1. The Morgan fingerprint density at radius 1 is 1.30 bits per heavy atom. The van der Waals surface area contributed by atoms with Gasteiger partial charge in [0.1, 0.15) is 11.4 Å². The molecule has 4 rings (SSSR count). The predicted octanol–water partition coefficient (Wildman–Crippen LogP) is 3.18. The first-order valence-corrected chi connectivity index (χ1v) is 10.0. The van der Waals surface area contributed by atoms with Crippen LogP contribution < -0.4 is 0 Å². The molecular formula is C23H27N3O4. The van der Waals surface area contributed by atoms with Crippen LogP contribution in [0.3, 0.4) is 0 Å². The van der Waals surface area contributed by atoms with Crippen molar-refractivity contribution in [2.24, 2.45) is 7.05 Å². The second kappa shape index (κ2) is 8.26. The van der Waals surface area contributed by atoms with Crippen molar-refractivity contribution < 1.29 is 19.0 Å². The van der Waals surface area contributed by atoms with Gasteiger partial charge < -0.3 is 18.8 Å². The van der Waals surface area contributed by atoms with Gasteiger partial charge in [-0.15, -0.1) is 0 Å². The minimum absolute atomic E-state index is 0.0881. The first kappa shape index (κ1) is 20.7. The molecule has 3 aromatic rings. The van der Waals surface area contributed by atoms with E-state index < -0.39 is 5.60 Å². The van der Waals surface area contributed by atoms with Crippen LogP contribution in [-0.4, -0.2) is 47.8 Å². The summed E-state index contributed by atoms with van der Waals surface area (Å²) in [6.07, 6.45) is 4.95. The number of pyridine rings is 2. The van der Waals surface area contributed by atoms with Crippen molar-refractivity contribution >= 4 is 16.7 Å². The lowest BCUT2D eigenvalue weighted by Gasteiger charge is -2.26. The summed E-state index contributed by atoms with van der Waals surface area (Å²) in [6.45, 7) is 3.18. The van der Waals surface area contributed by atoms with Gasteiger partial charge in [-0.25, -0.2) is 4.98 Å². The van der Waals surface area contributed by atoms with Crippen LogP contribution in [0.15, 0.2) is 30.6 Å². The van der Waals surface area contributed by atoms with Crippen LogP contribution in [-0.2, 0) is 44.7 Å². The van der Waals surface area contributed by atoms with Gasteiger partial charge in [-0.05, 0) is 30.7 Å². The largest absolute Gasteiger partial charge is 0.380 e. The van der Waals surface area contributed by atoms with E-state index in [4.69, 9.17) is 19.2 Å². The molecule has 0 amide bonds. The molecule has 1 atom stereocenters. The maximum Gasteiger partial charge on any atom is 0.135 e. The number of Topliss-reactive ketones (excluding diaryl/α,β-unsaturated/α-hetero) is 1. The number of carbonyl (C=O) groups excluding carboxylic acids is 1. The minimum atomic E-state index is -0.551. The summed E-state index contributed by atoms with van der Waals surface area (Å²) in [7, 11) is 5.37. The maximum absolute atomic E-state index is 11.6. The van der Waals surface area contributed by atoms with E-state index in [9.17, 15) is 4.79 Å². The Labute approximate surface area is 176 Å². The highest BCUT2D eigenvalue weighted by atomic mass is 16.5. The summed E-state index contributed by atoms with van der Waals surface area (Å²) in [5.41, 5.74) is 4.90. The van der Waals surface area contributed by atoms with Crippen molar-refractivity contribution in [3.8, 4) is 11.3 Å². The molecule has 1 aliphatic heterocycles. The Morgan fingerprint density at radius 2 is 2.13 bits per heavy atom. The first-order chi connectivity index (χ1) is 14.5. The molecule has 0 aromatic carbocycles. The lowest BCUT2D eigenvalue weighted by Crippen LogP contribution is -2.30. The van der Waals surface area contributed by atoms with Gasteiger partial charge >= 0.3 is 0 Å². The van der Waals surface area contributed by atoms with Crippen LogP contribution in [0.5, 0.6) is 0 Å². The molecule has 7 heteroatoms. The van der Waals surface area contributed by atoms with E-state index >= 15 is 0 Å². The van der Waals surface area contributed by atoms with Crippen molar-refractivity contribution in [2.45, 2.75) is 32.0 Å². The fourth-order valence-electron chi connectivity index (χ4n) is 4.10. The highest BCUT2D eigenvalue weighted by Gasteiger charge is 2.39. The van der Waals surface area contributed by atoms with Gasteiger partial charge in [-0.3, -0.25) is 9.78 Å². The topological polar surface area (TPSA) is 75.5 Å². The van der Waals surface area contributed by atoms with Crippen molar-refractivity contribution in [3.63, 3.8) is 0 Å². The molecule has 1 aliphatic rings. The number of ether oxygens (including phenoxy) is 3. The number of ketones is 1. The average molecular weight is 409 g/mol. The molecular weight excluding hydrogens is 382 g/mol. The molecule has 1 saturated heterocycles. The van der Waals surface area contributed by atoms with Crippen LogP contribution in [0.1, 0.15) is 30.3 Å². The Morgan fingerprint density at radius 3 is 2.80 bits per heavy atom. The average Bonchev–Trinajstić information content (AvgIpc) is 3.33. The van der Waals surface area contributed by atoms with Crippen molar-refractivity contribution in [1.29, 1.82) is 0 Å². The van der Waals surface area contributed by atoms with Gasteiger partial charge in [-0.2, -0.15) is 0 Å². The summed E-state index contributed by atoms with van der Waals surface area (Å²) in [5.74, 6) is 0.0881. The van der Waals surface area contributed by atoms with Crippen molar-refractivity contribution in [1.82, 2.24) is 14.5 Å².